The molecule has 3 rings (SSSR count). The van der Waals surface area contributed by atoms with Gasteiger partial charge in [-0.05, 0) is 24.6 Å². The van der Waals surface area contributed by atoms with Gasteiger partial charge in [-0.15, -0.1) is 0 Å². The highest BCUT2D eigenvalue weighted by Crippen LogP contribution is 2.28. The Labute approximate surface area is 149 Å². The molecule has 0 amide bonds. The number of benzene rings is 2. The van der Waals surface area contributed by atoms with Crippen LogP contribution in [0.15, 0.2) is 59.4 Å². The number of hydrogen-bond acceptors (Lipinski definition) is 3. The van der Waals surface area contributed by atoms with Crippen LogP contribution in [0.1, 0.15) is 11.4 Å². The molecular weight excluding hydrogens is 347 g/mol. The molecule has 0 atom stereocenters. The molecule has 1 aromatic heterocycles. The molecule has 0 radical (unpaired) electrons. The molecule has 122 valence electrons. The largest absolute Gasteiger partial charge is 0.473 e. The molecule has 0 unspecified atom stereocenters. The van der Waals surface area contributed by atoms with E-state index in [0.29, 0.717) is 28.2 Å². The molecular formula is C18H14Cl2N2O2. The number of ether oxygens (including phenoxy) is 1. The summed E-state index contributed by atoms with van der Waals surface area (Å²) < 4.78 is 6.99. The third-order valence-electron chi connectivity index (χ3n) is 3.45. The molecule has 6 heteroatoms. The molecule has 0 aliphatic rings. The van der Waals surface area contributed by atoms with Gasteiger partial charge in [0.1, 0.15) is 12.4 Å². The zero-order valence-electron chi connectivity index (χ0n) is 12.9. The average Bonchev–Trinajstić information content (AvgIpc) is 2.56. The zero-order valence-corrected chi connectivity index (χ0v) is 14.4. The van der Waals surface area contributed by atoms with Gasteiger partial charge < -0.3 is 4.74 Å². The molecule has 0 spiro atoms. The lowest BCUT2D eigenvalue weighted by molar-refractivity contribution is 0.291. The van der Waals surface area contributed by atoms with E-state index >= 15 is 0 Å². The summed E-state index contributed by atoms with van der Waals surface area (Å²) in [5, 5.41) is 0.764. The number of para-hydroxylation sites is 1. The Bertz CT molecular complexity index is 904. The van der Waals surface area contributed by atoms with Gasteiger partial charge in [0.05, 0.1) is 21.8 Å². The van der Waals surface area contributed by atoms with E-state index in [-0.39, 0.29) is 11.4 Å². The minimum Gasteiger partial charge on any atom is -0.473 e. The Morgan fingerprint density at radius 3 is 2.33 bits per heavy atom. The van der Waals surface area contributed by atoms with Crippen molar-refractivity contribution in [3.63, 3.8) is 0 Å². The van der Waals surface area contributed by atoms with Crippen LogP contribution in [-0.4, -0.2) is 9.55 Å². The summed E-state index contributed by atoms with van der Waals surface area (Å²) in [6.45, 7) is 2.04. The summed E-state index contributed by atoms with van der Waals surface area (Å²) in [5.41, 5.74) is 1.11. The quantitative estimate of drug-likeness (QED) is 0.691. The normalized spacial score (nSPS) is 10.6. The van der Waals surface area contributed by atoms with Gasteiger partial charge in [0.15, 0.2) is 0 Å². The number of rotatable bonds is 4. The molecule has 1 heterocycles. The van der Waals surface area contributed by atoms with Gasteiger partial charge in [-0.25, -0.2) is 0 Å². The van der Waals surface area contributed by atoms with Crippen molar-refractivity contribution < 1.29 is 4.74 Å². The summed E-state index contributed by atoms with van der Waals surface area (Å²) in [6.07, 6.45) is 0. The van der Waals surface area contributed by atoms with Gasteiger partial charge in [0.25, 0.3) is 5.56 Å². The fourth-order valence-corrected chi connectivity index (χ4v) is 2.92. The number of aryl methyl sites for hydroxylation is 1. The van der Waals surface area contributed by atoms with Crippen molar-refractivity contribution in [1.82, 2.24) is 9.55 Å². The molecule has 0 aliphatic carbocycles. The predicted octanol–water partition coefficient (Wildman–Crippen LogP) is 4.43. The van der Waals surface area contributed by atoms with Crippen LogP contribution in [0.4, 0.5) is 0 Å². The van der Waals surface area contributed by atoms with Crippen molar-refractivity contribution in [2.24, 2.45) is 0 Å². The van der Waals surface area contributed by atoms with E-state index in [9.17, 15) is 4.79 Å². The van der Waals surface area contributed by atoms with E-state index in [1.54, 1.807) is 25.1 Å². The van der Waals surface area contributed by atoms with Gasteiger partial charge in [0, 0.05) is 0 Å². The SMILES string of the molecule is Cc1nc(OCc2ccccc2)cc(=O)n1-c1c(Cl)cccc1Cl. The molecule has 0 saturated heterocycles. The minimum absolute atomic E-state index is 0.265. The maximum Gasteiger partial charge on any atom is 0.262 e. The lowest BCUT2D eigenvalue weighted by atomic mass is 10.2. The first-order chi connectivity index (χ1) is 11.6. The second-order valence-electron chi connectivity index (χ2n) is 5.16. The molecule has 24 heavy (non-hydrogen) atoms. The maximum absolute atomic E-state index is 12.5. The number of nitrogens with zero attached hydrogens (tertiary/aromatic N) is 2. The van der Waals surface area contributed by atoms with Crippen molar-refractivity contribution >= 4 is 23.2 Å². The van der Waals surface area contributed by atoms with Crippen LogP contribution in [0.2, 0.25) is 10.0 Å². The molecule has 0 N–H and O–H groups in total. The van der Waals surface area contributed by atoms with E-state index in [0.717, 1.165) is 5.56 Å². The minimum atomic E-state index is -0.305. The number of halogens is 2. The molecule has 0 saturated carbocycles. The van der Waals surface area contributed by atoms with Crippen molar-refractivity contribution in [2.75, 3.05) is 0 Å². The highest BCUT2D eigenvalue weighted by molar-refractivity contribution is 6.37. The van der Waals surface area contributed by atoms with Gasteiger partial charge in [-0.3, -0.25) is 9.36 Å². The van der Waals surface area contributed by atoms with E-state index in [1.165, 1.54) is 10.6 Å². The topological polar surface area (TPSA) is 44.1 Å². The Morgan fingerprint density at radius 2 is 1.71 bits per heavy atom. The molecule has 0 bridgehead atoms. The summed E-state index contributed by atoms with van der Waals surface area (Å²) >= 11 is 12.4. The lowest BCUT2D eigenvalue weighted by Crippen LogP contribution is -2.22. The van der Waals surface area contributed by atoms with E-state index in [4.69, 9.17) is 27.9 Å². The second kappa shape index (κ2) is 7.07. The van der Waals surface area contributed by atoms with Crippen molar-refractivity contribution in [1.29, 1.82) is 0 Å². The average molecular weight is 361 g/mol. The Hall–Kier alpha value is -2.30. The van der Waals surface area contributed by atoms with E-state index < -0.39 is 0 Å². The zero-order chi connectivity index (χ0) is 17.1. The first-order valence-electron chi connectivity index (χ1n) is 7.28. The molecule has 0 aliphatic heterocycles. The van der Waals surface area contributed by atoms with E-state index in [2.05, 4.69) is 4.98 Å². The summed E-state index contributed by atoms with van der Waals surface area (Å²) in [4.78, 5) is 16.8. The Balaban J connectivity index is 1.94. The lowest BCUT2D eigenvalue weighted by Gasteiger charge is -2.14. The monoisotopic (exact) mass is 360 g/mol. The van der Waals surface area contributed by atoms with Crippen molar-refractivity contribution in [3.8, 4) is 11.6 Å². The van der Waals surface area contributed by atoms with E-state index in [1.807, 2.05) is 30.3 Å². The van der Waals surface area contributed by atoms with Crippen LogP contribution in [0.3, 0.4) is 0 Å². The van der Waals surface area contributed by atoms with Crippen LogP contribution >= 0.6 is 23.2 Å². The van der Waals surface area contributed by atoms with Crippen LogP contribution in [0, 0.1) is 6.92 Å². The molecule has 3 aromatic rings. The first-order valence-corrected chi connectivity index (χ1v) is 8.03. The Morgan fingerprint density at radius 1 is 1.04 bits per heavy atom. The van der Waals surface area contributed by atoms with Crippen LogP contribution in [-0.2, 0) is 6.61 Å². The maximum atomic E-state index is 12.5. The smallest absolute Gasteiger partial charge is 0.262 e. The van der Waals surface area contributed by atoms with Gasteiger partial charge in [-0.1, -0.05) is 59.6 Å². The van der Waals surface area contributed by atoms with Gasteiger partial charge in [-0.2, -0.15) is 4.98 Å². The van der Waals surface area contributed by atoms with Gasteiger partial charge in [0.2, 0.25) is 5.88 Å². The third-order valence-corrected chi connectivity index (χ3v) is 4.06. The summed E-state index contributed by atoms with van der Waals surface area (Å²) in [5.74, 6) is 0.710. The highest BCUT2D eigenvalue weighted by atomic mass is 35.5. The fourth-order valence-electron chi connectivity index (χ4n) is 2.35. The summed E-state index contributed by atoms with van der Waals surface area (Å²) in [7, 11) is 0. The van der Waals surface area contributed by atoms with Crippen LogP contribution in [0.5, 0.6) is 5.88 Å². The van der Waals surface area contributed by atoms with Crippen LogP contribution < -0.4 is 10.3 Å². The van der Waals surface area contributed by atoms with Crippen molar-refractivity contribution in [3.05, 3.63) is 86.4 Å². The first kappa shape index (κ1) is 16.6. The Kier molecular flexibility index (Phi) is 4.88. The fraction of sp³-hybridized carbons (Fsp3) is 0.111. The standard InChI is InChI=1S/C18H14Cl2N2O2/c1-12-21-16(24-11-13-6-3-2-4-7-13)10-17(23)22(12)18-14(19)8-5-9-15(18)20/h2-10H,11H2,1H3. The molecule has 0 fully saturated rings. The molecule has 4 nitrogen and oxygen atoms in total. The van der Waals surface area contributed by atoms with Crippen LogP contribution in [0.25, 0.3) is 5.69 Å². The summed E-state index contributed by atoms with van der Waals surface area (Å²) in [6, 6.07) is 16.1. The number of hydrogen-bond donors (Lipinski definition) is 0. The van der Waals surface area contributed by atoms with Crippen molar-refractivity contribution in [2.45, 2.75) is 13.5 Å². The number of aromatic nitrogens is 2. The molecule has 2 aromatic carbocycles. The highest BCUT2D eigenvalue weighted by Gasteiger charge is 2.14. The van der Waals surface area contributed by atoms with Gasteiger partial charge >= 0.3 is 0 Å². The third kappa shape index (κ3) is 3.45. The second-order valence-corrected chi connectivity index (χ2v) is 5.97. The predicted molar refractivity (Wildman–Crippen MR) is 95.4 cm³/mol.